The number of allylic oxidation sites excluding steroid dienone is 2. The topological polar surface area (TPSA) is 114 Å². The second kappa shape index (κ2) is 10.9. The van der Waals surface area contributed by atoms with Gasteiger partial charge in [0, 0.05) is 24.1 Å². The largest absolute Gasteiger partial charge is 0.481 e. The van der Waals surface area contributed by atoms with E-state index in [4.69, 9.17) is 11.6 Å². The quantitative estimate of drug-likeness (QED) is 0.341. The summed E-state index contributed by atoms with van der Waals surface area (Å²) in [7, 11) is 0. The van der Waals surface area contributed by atoms with E-state index in [0.29, 0.717) is 49.3 Å². The number of carbonyl (C=O) groups is 3. The maximum Gasteiger partial charge on any atom is 0.398 e. The number of hydrogen-bond donors (Lipinski definition) is 2. The first-order valence-electron chi connectivity index (χ1n) is 14.2. The minimum atomic E-state index is -4.57. The number of aromatic nitrogens is 3. The molecule has 6 rings (SSSR count). The van der Waals surface area contributed by atoms with E-state index >= 15 is 0 Å². The van der Waals surface area contributed by atoms with Crippen LogP contribution in [0.3, 0.4) is 0 Å². The lowest BCUT2D eigenvalue weighted by Gasteiger charge is -2.25. The molecule has 2 N–H and O–H groups in total. The van der Waals surface area contributed by atoms with Gasteiger partial charge in [-0.05, 0) is 74.3 Å². The number of halogens is 4. The number of carbonyl (C=O) groups excluding carboxylic acids is 2. The molecule has 8 nitrogen and oxygen atoms in total. The zero-order valence-electron chi connectivity index (χ0n) is 23.0. The SMILES string of the molecule is O=C(O)C1CC=C(c2nn(C(=O)c3c(Cl)cccc3C3(C(F)(F)F)CC3)c3c2CCC(C(=O)Nc2ccccn2)C3)CC1. The van der Waals surface area contributed by atoms with Gasteiger partial charge in [0.05, 0.1) is 33.3 Å². The molecule has 2 atom stereocenters. The van der Waals surface area contributed by atoms with Crippen molar-refractivity contribution in [1.82, 2.24) is 14.8 Å². The van der Waals surface area contributed by atoms with Crippen molar-refractivity contribution in [2.45, 2.75) is 63.0 Å². The van der Waals surface area contributed by atoms with Crippen molar-refractivity contribution in [1.29, 1.82) is 0 Å². The number of alkyl halides is 3. The fourth-order valence-corrected chi connectivity index (χ4v) is 6.53. The first kappa shape index (κ1) is 29.1. The van der Waals surface area contributed by atoms with E-state index in [-0.39, 0.29) is 41.3 Å². The van der Waals surface area contributed by atoms with Crippen LogP contribution in [0.5, 0.6) is 0 Å². The Kier molecular flexibility index (Phi) is 7.40. The van der Waals surface area contributed by atoms with E-state index in [1.54, 1.807) is 24.4 Å². The van der Waals surface area contributed by atoms with Crippen molar-refractivity contribution in [3.8, 4) is 0 Å². The van der Waals surface area contributed by atoms with Crippen LogP contribution in [0.1, 0.15) is 71.4 Å². The summed E-state index contributed by atoms with van der Waals surface area (Å²) in [6.45, 7) is 0. The normalized spacial score (nSPS) is 21.0. The summed E-state index contributed by atoms with van der Waals surface area (Å²) in [6.07, 6.45) is 0.614. The van der Waals surface area contributed by atoms with Gasteiger partial charge in [-0.1, -0.05) is 35.9 Å². The zero-order valence-corrected chi connectivity index (χ0v) is 23.7. The van der Waals surface area contributed by atoms with Gasteiger partial charge in [0.25, 0.3) is 5.91 Å². The highest BCUT2D eigenvalue weighted by molar-refractivity contribution is 6.34. The zero-order chi connectivity index (χ0) is 30.5. The van der Waals surface area contributed by atoms with Gasteiger partial charge in [-0.25, -0.2) is 4.98 Å². The number of carboxylic acid groups (broad SMARTS) is 1. The molecule has 43 heavy (non-hydrogen) atoms. The Bertz CT molecular complexity index is 1650. The average Bonchev–Trinajstić information content (AvgIpc) is 3.73. The fourth-order valence-electron chi connectivity index (χ4n) is 6.28. The predicted molar refractivity (Wildman–Crippen MR) is 152 cm³/mol. The number of hydrogen-bond acceptors (Lipinski definition) is 5. The smallest absolute Gasteiger partial charge is 0.398 e. The summed E-state index contributed by atoms with van der Waals surface area (Å²) >= 11 is 6.44. The number of nitrogens with zero attached hydrogens (tertiary/aromatic N) is 3. The van der Waals surface area contributed by atoms with Gasteiger partial charge in [0.2, 0.25) is 5.91 Å². The van der Waals surface area contributed by atoms with Gasteiger partial charge in [-0.3, -0.25) is 14.4 Å². The molecule has 0 radical (unpaired) electrons. The first-order valence-corrected chi connectivity index (χ1v) is 14.5. The predicted octanol–water partition coefficient (Wildman–Crippen LogP) is 6.23. The summed E-state index contributed by atoms with van der Waals surface area (Å²) in [5, 5.41) is 16.8. The van der Waals surface area contributed by atoms with Crippen molar-refractivity contribution in [2.75, 3.05) is 5.32 Å². The minimum Gasteiger partial charge on any atom is -0.481 e. The van der Waals surface area contributed by atoms with Crippen molar-refractivity contribution in [2.24, 2.45) is 11.8 Å². The van der Waals surface area contributed by atoms with Crippen LogP contribution in [0.15, 0.2) is 48.7 Å². The summed E-state index contributed by atoms with van der Waals surface area (Å²) in [4.78, 5) is 43.1. The summed E-state index contributed by atoms with van der Waals surface area (Å²) in [5.41, 5.74) is -0.102. The fraction of sp³-hybridized carbons (Fsp3) is 0.387. The number of amides is 1. The number of aliphatic carboxylic acids is 1. The van der Waals surface area contributed by atoms with Crippen LogP contribution in [-0.2, 0) is 27.8 Å². The van der Waals surface area contributed by atoms with Crippen LogP contribution in [0.25, 0.3) is 5.57 Å². The monoisotopic (exact) mass is 612 g/mol. The number of carboxylic acids is 1. The third-order valence-electron chi connectivity index (χ3n) is 8.85. The molecule has 12 heteroatoms. The van der Waals surface area contributed by atoms with Gasteiger partial charge in [-0.2, -0.15) is 23.0 Å². The molecule has 0 spiro atoms. The Hall–Kier alpha value is -3.99. The maximum atomic E-state index is 14.2. The summed E-state index contributed by atoms with van der Waals surface area (Å²) in [5.74, 6) is -2.65. The van der Waals surface area contributed by atoms with Gasteiger partial charge < -0.3 is 10.4 Å². The lowest BCUT2D eigenvalue weighted by Crippen LogP contribution is -2.33. The van der Waals surface area contributed by atoms with Crippen molar-refractivity contribution < 1.29 is 32.7 Å². The molecule has 2 unspecified atom stereocenters. The van der Waals surface area contributed by atoms with Gasteiger partial charge >= 0.3 is 12.1 Å². The number of fused-ring (bicyclic) bond motifs is 1. The highest BCUT2D eigenvalue weighted by atomic mass is 35.5. The molecule has 3 aliphatic carbocycles. The Morgan fingerprint density at radius 2 is 1.81 bits per heavy atom. The summed E-state index contributed by atoms with van der Waals surface area (Å²) < 4.78 is 43.8. The summed E-state index contributed by atoms with van der Waals surface area (Å²) in [6, 6.07) is 9.22. The lowest BCUT2D eigenvalue weighted by atomic mass is 9.82. The molecule has 224 valence electrons. The van der Waals surface area contributed by atoms with E-state index in [2.05, 4.69) is 15.4 Å². The van der Waals surface area contributed by atoms with Gasteiger partial charge in [-0.15, -0.1) is 0 Å². The molecule has 0 aliphatic heterocycles. The minimum absolute atomic E-state index is 0.106. The van der Waals surface area contributed by atoms with Crippen LogP contribution in [0.4, 0.5) is 19.0 Å². The van der Waals surface area contributed by atoms with Crippen molar-refractivity contribution in [3.05, 3.63) is 81.8 Å². The standard InChI is InChI=1S/C31H28ClF3N4O4/c32-22-5-3-4-21(30(13-14-30)31(33,34)35)25(22)28(41)39-23-16-19(27(40)37-24-6-1-2-15-36-24)11-12-20(23)26(38-39)17-7-9-18(10-8-17)29(42)43/h1-7,15,18-19H,8-14,16H2,(H,42,43)(H,36,37,40). The second-order valence-corrected chi connectivity index (χ2v) is 11.8. The highest BCUT2D eigenvalue weighted by Crippen LogP contribution is 2.60. The van der Waals surface area contributed by atoms with Crippen molar-refractivity contribution >= 4 is 40.8 Å². The Balaban J connectivity index is 1.41. The van der Waals surface area contributed by atoms with E-state index < -0.39 is 35.3 Å². The molecule has 2 heterocycles. The lowest BCUT2D eigenvalue weighted by molar-refractivity contribution is -0.160. The number of anilines is 1. The van der Waals surface area contributed by atoms with E-state index in [9.17, 15) is 32.7 Å². The molecule has 3 aromatic rings. The first-order chi connectivity index (χ1) is 20.5. The van der Waals surface area contributed by atoms with Crippen LogP contribution >= 0.6 is 11.6 Å². The van der Waals surface area contributed by atoms with Crippen molar-refractivity contribution in [3.63, 3.8) is 0 Å². The molecule has 1 saturated carbocycles. The molecule has 2 aromatic heterocycles. The Morgan fingerprint density at radius 1 is 1.05 bits per heavy atom. The number of benzene rings is 1. The number of rotatable bonds is 6. The maximum absolute atomic E-state index is 14.2. The van der Waals surface area contributed by atoms with E-state index in [1.807, 2.05) is 6.08 Å². The third kappa shape index (κ3) is 5.24. The van der Waals surface area contributed by atoms with Crippen LogP contribution < -0.4 is 5.32 Å². The van der Waals surface area contributed by atoms with E-state index in [0.717, 1.165) is 15.8 Å². The Morgan fingerprint density at radius 3 is 2.44 bits per heavy atom. The number of pyridine rings is 1. The number of nitrogens with one attached hydrogen (secondary N) is 1. The van der Waals surface area contributed by atoms with Crippen LogP contribution in [0.2, 0.25) is 5.02 Å². The van der Waals surface area contributed by atoms with Crippen LogP contribution in [0, 0.1) is 11.8 Å². The molecule has 3 aliphatic rings. The second-order valence-electron chi connectivity index (χ2n) is 11.4. The molecule has 1 aromatic carbocycles. The molecule has 0 saturated heterocycles. The molecular formula is C31H28ClF3N4O4. The van der Waals surface area contributed by atoms with Crippen LogP contribution in [-0.4, -0.2) is 43.8 Å². The third-order valence-corrected chi connectivity index (χ3v) is 9.17. The molecule has 1 amide bonds. The van der Waals surface area contributed by atoms with Gasteiger partial charge in [0.1, 0.15) is 5.82 Å². The van der Waals surface area contributed by atoms with E-state index in [1.165, 1.54) is 18.2 Å². The molecule has 0 bridgehead atoms. The Labute approximate surface area is 249 Å². The highest BCUT2D eigenvalue weighted by Gasteiger charge is 2.65. The average molecular weight is 613 g/mol. The molecular weight excluding hydrogens is 585 g/mol. The molecule has 1 fully saturated rings. The van der Waals surface area contributed by atoms with Gasteiger partial charge in [0.15, 0.2) is 0 Å².